The van der Waals surface area contributed by atoms with Crippen LogP contribution in [0.25, 0.3) is 0 Å². The molecule has 0 spiro atoms. The molecule has 0 fully saturated rings. The second-order valence-corrected chi connectivity index (χ2v) is 8.18. The third kappa shape index (κ3) is 6.22. The zero-order valence-corrected chi connectivity index (χ0v) is 20.9. The van der Waals surface area contributed by atoms with Crippen molar-refractivity contribution in [3.63, 3.8) is 0 Å². The molecule has 0 aliphatic carbocycles. The average molecular weight is 519 g/mol. The Morgan fingerprint density at radius 2 is 1.47 bits per heavy atom. The van der Waals surface area contributed by atoms with Crippen LogP contribution in [-0.2, 0) is 19.1 Å². The first kappa shape index (κ1) is 27.6. The van der Waals surface area contributed by atoms with Gasteiger partial charge in [-0.3, -0.25) is 10.1 Å². The molecule has 0 atom stereocenters. The number of nitro benzene ring substituents is 1. The lowest BCUT2D eigenvalue weighted by Gasteiger charge is -2.30. The summed E-state index contributed by atoms with van der Waals surface area (Å²) >= 11 is 0. The Morgan fingerprint density at radius 1 is 0.921 bits per heavy atom. The number of ether oxygens (including phenoxy) is 3. The molecule has 2 aromatic rings. The molecule has 10 nitrogen and oxygen atoms in total. The van der Waals surface area contributed by atoms with Crippen LogP contribution >= 0.6 is 0 Å². The van der Waals surface area contributed by atoms with E-state index < -0.39 is 28.7 Å². The van der Waals surface area contributed by atoms with Crippen LogP contribution in [0, 0.1) is 10.1 Å². The number of hydrogen-bond donors (Lipinski definition) is 1. The third-order valence-electron chi connectivity index (χ3n) is 5.58. The van der Waals surface area contributed by atoms with Crippen molar-refractivity contribution >= 4 is 23.6 Å². The molecule has 0 saturated carbocycles. The summed E-state index contributed by atoms with van der Waals surface area (Å²) in [6, 6.07) is 11.4. The Balaban J connectivity index is 1.96. The molecule has 0 bridgehead atoms. The fourth-order valence-electron chi connectivity index (χ4n) is 3.93. The smallest absolute Gasteiger partial charge is 0.343 e. The van der Waals surface area contributed by atoms with Gasteiger partial charge in [-0.15, -0.1) is 0 Å². The van der Waals surface area contributed by atoms with Gasteiger partial charge >= 0.3 is 17.9 Å². The van der Waals surface area contributed by atoms with Gasteiger partial charge in [0, 0.05) is 23.5 Å². The Labute approximate surface area is 219 Å². The topological polar surface area (TPSA) is 134 Å². The lowest BCUT2D eigenvalue weighted by molar-refractivity contribution is -0.384. The molecule has 0 radical (unpaired) electrons. The van der Waals surface area contributed by atoms with Crippen LogP contribution < -0.4 is 10.1 Å². The number of hydrogen-bond acceptors (Lipinski definition) is 9. The molecule has 1 heterocycles. The van der Waals surface area contributed by atoms with Crippen molar-refractivity contribution in [1.29, 1.82) is 0 Å². The minimum absolute atomic E-state index is 0.0123. The lowest BCUT2D eigenvalue weighted by Crippen LogP contribution is -2.32. The number of nitrogens with one attached hydrogen (secondary N) is 1. The van der Waals surface area contributed by atoms with Gasteiger partial charge in [-0.25, -0.2) is 14.4 Å². The van der Waals surface area contributed by atoms with Gasteiger partial charge in [0.05, 0.1) is 27.6 Å². The second-order valence-electron chi connectivity index (χ2n) is 8.18. The van der Waals surface area contributed by atoms with Crippen LogP contribution in [0.1, 0.15) is 35.7 Å². The van der Waals surface area contributed by atoms with E-state index in [1.165, 1.54) is 42.5 Å². The molecule has 10 heteroatoms. The minimum atomic E-state index is -0.840. The molecule has 0 aromatic heterocycles. The van der Waals surface area contributed by atoms with Crippen molar-refractivity contribution in [1.82, 2.24) is 5.32 Å². The normalized spacial score (nSPS) is 13.3. The maximum Gasteiger partial charge on any atom is 0.343 e. The van der Waals surface area contributed by atoms with Gasteiger partial charge in [0.1, 0.15) is 19.0 Å². The summed E-state index contributed by atoms with van der Waals surface area (Å²) in [5.41, 5.74) is 1.74. The standard InChI is InChI=1S/C28H26N2O8/c1-5-14-36-27(32)23-17(3)29-18(4)24(28(33)37-15-6-2)25(23)19-10-12-22(13-11-19)38-26(31)20-8-7-9-21(16-20)30(34)35/h5-13,16,25,29H,1-2,14-15H2,3-4H3. The van der Waals surface area contributed by atoms with Crippen LogP contribution in [0.5, 0.6) is 5.75 Å². The summed E-state index contributed by atoms with van der Waals surface area (Å²) in [5.74, 6) is -2.73. The highest BCUT2D eigenvalue weighted by atomic mass is 16.6. The third-order valence-corrected chi connectivity index (χ3v) is 5.58. The first-order valence-corrected chi connectivity index (χ1v) is 11.5. The molecule has 0 unspecified atom stereocenters. The van der Waals surface area contributed by atoms with E-state index in [2.05, 4.69) is 18.5 Å². The summed E-state index contributed by atoms with van der Waals surface area (Å²) < 4.78 is 15.9. The maximum absolute atomic E-state index is 13.0. The SMILES string of the molecule is C=CCOC(=O)C1=C(C)NC(C)=C(C(=O)OCC=C)C1c1ccc(OC(=O)c2cccc([N+](=O)[O-])c2)cc1. The maximum atomic E-state index is 13.0. The quantitative estimate of drug-likeness (QED) is 0.158. The van der Waals surface area contributed by atoms with Crippen molar-refractivity contribution in [3.05, 3.63) is 118 Å². The van der Waals surface area contributed by atoms with Crippen LogP contribution in [-0.4, -0.2) is 36.0 Å². The van der Waals surface area contributed by atoms with Crippen molar-refractivity contribution in [2.75, 3.05) is 13.2 Å². The number of dihydropyridines is 1. The summed E-state index contributed by atoms with van der Waals surface area (Å²) in [4.78, 5) is 48.9. The van der Waals surface area contributed by atoms with Gasteiger partial charge in [-0.2, -0.15) is 0 Å². The highest BCUT2D eigenvalue weighted by molar-refractivity contribution is 6.00. The van der Waals surface area contributed by atoms with E-state index in [0.717, 1.165) is 6.07 Å². The highest BCUT2D eigenvalue weighted by Crippen LogP contribution is 2.39. The van der Waals surface area contributed by atoms with Gasteiger partial charge in [0.2, 0.25) is 0 Å². The van der Waals surface area contributed by atoms with Crippen LogP contribution in [0.2, 0.25) is 0 Å². The molecule has 1 aliphatic rings. The van der Waals surface area contributed by atoms with Gasteiger partial charge < -0.3 is 19.5 Å². The Morgan fingerprint density at radius 3 is 1.97 bits per heavy atom. The summed E-state index contributed by atoms with van der Waals surface area (Å²) in [5, 5.41) is 14.0. The van der Waals surface area contributed by atoms with E-state index >= 15 is 0 Å². The number of esters is 3. The number of non-ortho nitro benzene ring substituents is 1. The van der Waals surface area contributed by atoms with Crippen molar-refractivity contribution in [2.24, 2.45) is 0 Å². The fourth-order valence-corrected chi connectivity index (χ4v) is 3.93. The predicted molar refractivity (Wildman–Crippen MR) is 138 cm³/mol. The molecule has 0 saturated heterocycles. The number of nitro groups is 1. The van der Waals surface area contributed by atoms with Crippen LogP contribution in [0.15, 0.2) is 96.4 Å². The predicted octanol–water partition coefficient (Wildman–Crippen LogP) is 4.51. The molecule has 2 aromatic carbocycles. The second kappa shape index (κ2) is 12.3. The zero-order valence-electron chi connectivity index (χ0n) is 20.9. The number of carbonyl (C=O) groups excluding carboxylic acids is 3. The summed E-state index contributed by atoms with van der Waals surface area (Å²) in [6.07, 6.45) is 2.87. The average Bonchev–Trinajstić information content (AvgIpc) is 2.90. The van der Waals surface area contributed by atoms with Gasteiger partial charge in [-0.05, 0) is 37.6 Å². The molecule has 38 heavy (non-hydrogen) atoms. The molecule has 0 amide bonds. The number of carbonyl (C=O) groups is 3. The minimum Gasteiger partial charge on any atom is -0.458 e. The highest BCUT2D eigenvalue weighted by Gasteiger charge is 2.38. The number of benzene rings is 2. The monoisotopic (exact) mass is 518 g/mol. The van der Waals surface area contributed by atoms with E-state index in [4.69, 9.17) is 14.2 Å². The largest absolute Gasteiger partial charge is 0.458 e. The summed E-state index contributed by atoms with van der Waals surface area (Å²) in [7, 11) is 0. The van der Waals surface area contributed by atoms with Gasteiger partial charge in [0.25, 0.3) is 5.69 Å². The molecule has 196 valence electrons. The van der Waals surface area contributed by atoms with Crippen molar-refractivity contribution in [3.8, 4) is 5.75 Å². The first-order chi connectivity index (χ1) is 18.2. The zero-order chi connectivity index (χ0) is 27.8. The van der Waals surface area contributed by atoms with Crippen LogP contribution in [0.3, 0.4) is 0 Å². The Kier molecular flexibility index (Phi) is 8.94. The van der Waals surface area contributed by atoms with E-state index in [1.54, 1.807) is 26.0 Å². The van der Waals surface area contributed by atoms with Gasteiger partial charge in [0.15, 0.2) is 0 Å². The molecular weight excluding hydrogens is 492 g/mol. The van der Waals surface area contributed by atoms with Gasteiger partial charge in [-0.1, -0.05) is 43.5 Å². The summed E-state index contributed by atoms with van der Waals surface area (Å²) in [6.45, 7) is 10.5. The Bertz CT molecular complexity index is 1310. The van der Waals surface area contributed by atoms with E-state index in [-0.39, 0.29) is 41.4 Å². The molecule has 1 aliphatic heterocycles. The number of allylic oxidation sites excluding steroid dienone is 2. The van der Waals surface area contributed by atoms with Crippen LogP contribution in [0.4, 0.5) is 5.69 Å². The van der Waals surface area contributed by atoms with E-state index in [9.17, 15) is 24.5 Å². The number of nitrogens with zero attached hydrogens (tertiary/aromatic N) is 1. The lowest BCUT2D eigenvalue weighted by atomic mass is 9.80. The van der Waals surface area contributed by atoms with Crippen molar-refractivity contribution in [2.45, 2.75) is 19.8 Å². The fraction of sp³-hybridized carbons (Fsp3) is 0.179. The molecular formula is C28H26N2O8. The number of rotatable bonds is 10. The van der Waals surface area contributed by atoms with E-state index in [0.29, 0.717) is 17.0 Å². The van der Waals surface area contributed by atoms with E-state index in [1.807, 2.05) is 0 Å². The molecule has 3 rings (SSSR count). The Hall–Kier alpha value is -4.99. The first-order valence-electron chi connectivity index (χ1n) is 11.5. The molecule has 1 N–H and O–H groups in total. The van der Waals surface area contributed by atoms with Crippen molar-refractivity contribution < 1.29 is 33.5 Å².